The average molecular weight is 303 g/mol. The highest BCUT2D eigenvalue weighted by Gasteiger charge is 2.35. The van der Waals surface area contributed by atoms with Crippen molar-refractivity contribution in [2.24, 2.45) is 0 Å². The Balaban J connectivity index is 2.05. The molecule has 1 aromatic carbocycles. The molecule has 0 atom stereocenters. The number of amides is 1. The molecule has 0 aliphatic rings. The number of nitrogens with zero attached hydrogens (tertiary/aromatic N) is 2. The van der Waals surface area contributed by atoms with E-state index in [2.05, 4.69) is 20.0 Å². The van der Waals surface area contributed by atoms with E-state index in [1.165, 1.54) is 0 Å². The maximum absolute atomic E-state index is 13.7. The van der Waals surface area contributed by atoms with Crippen molar-refractivity contribution in [2.45, 2.75) is 12.6 Å². The molecule has 2 aromatic rings. The zero-order chi connectivity index (χ0) is 15.5. The molecule has 0 unspecified atom stereocenters. The molecule has 1 amide bonds. The summed E-state index contributed by atoms with van der Waals surface area (Å²) in [6.07, 6.45) is -3.54. The third kappa shape index (κ3) is 3.56. The second-order valence-electron chi connectivity index (χ2n) is 4.02. The summed E-state index contributed by atoms with van der Waals surface area (Å²) in [5.41, 5.74) is -2.15. The lowest BCUT2D eigenvalue weighted by atomic mass is 10.1. The second kappa shape index (κ2) is 5.90. The Bertz CT molecular complexity index is 626. The number of rotatable bonds is 4. The molecule has 1 N–H and O–H groups in total. The molecule has 0 saturated carbocycles. The van der Waals surface area contributed by atoms with E-state index in [0.717, 1.165) is 18.5 Å². The number of benzene rings is 1. The van der Waals surface area contributed by atoms with E-state index in [4.69, 9.17) is 0 Å². The molecule has 0 aliphatic carbocycles. The van der Waals surface area contributed by atoms with Crippen molar-refractivity contribution >= 4 is 5.91 Å². The largest absolute Gasteiger partial charge is 0.419 e. The van der Waals surface area contributed by atoms with Crippen LogP contribution < -0.4 is 5.32 Å². The third-order valence-electron chi connectivity index (χ3n) is 2.59. The fourth-order valence-electron chi connectivity index (χ4n) is 1.61. The van der Waals surface area contributed by atoms with E-state index in [1.54, 1.807) is 0 Å². The molecule has 2 rings (SSSR count). The van der Waals surface area contributed by atoms with Gasteiger partial charge in [0.05, 0.1) is 11.1 Å². The van der Waals surface area contributed by atoms with Crippen molar-refractivity contribution in [1.29, 1.82) is 0 Å². The molecule has 1 aromatic heterocycles. The zero-order valence-corrected chi connectivity index (χ0v) is 10.4. The SMILES string of the molecule is O=C(NCCc1ncon1)c1cccc(C(F)(F)F)c1F. The van der Waals surface area contributed by atoms with Crippen molar-refractivity contribution in [3.63, 3.8) is 0 Å². The monoisotopic (exact) mass is 303 g/mol. The van der Waals surface area contributed by atoms with Crippen LogP contribution in [0.5, 0.6) is 0 Å². The molecule has 0 fully saturated rings. The molecule has 0 aliphatic heterocycles. The van der Waals surface area contributed by atoms with Crippen LogP contribution in [0.15, 0.2) is 29.1 Å². The number of carbonyl (C=O) groups excluding carboxylic acids is 1. The standard InChI is InChI=1S/C12H9F4N3O2/c13-10-7(2-1-3-8(10)12(14,15)16)11(20)17-5-4-9-18-6-21-19-9/h1-3,6H,4-5H2,(H,17,20). The van der Waals surface area contributed by atoms with E-state index in [1.807, 2.05) is 0 Å². The van der Waals surface area contributed by atoms with Crippen LogP contribution in [-0.4, -0.2) is 22.6 Å². The molecule has 0 bridgehead atoms. The first-order valence-corrected chi connectivity index (χ1v) is 5.78. The highest BCUT2D eigenvalue weighted by molar-refractivity contribution is 5.94. The van der Waals surface area contributed by atoms with Crippen molar-refractivity contribution in [1.82, 2.24) is 15.5 Å². The minimum absolute atomic E-state index is 0.0358. The van der Waals surface area contributed by atoms with Crippen molar-refractivity contribution in [3.05, 3.63) is 47.4 Å². The van der Waals surface area contributed by atoms with E-state index in [-0.39, 0.29) is 13.0 Å². The minimum Gasteiger partial charge on any atom is -0.351 e. The predicted octanol–water partition coefficient (Wildman–Crippen LogP) is 2.20. The molecule has 9 heteroatoms. The zero-order valence-electron chi connectivity index (χ0n) is 10.4. The van der Waals surface area contributed by atoms with E-state index < -0.39 is 29.0 Å². The molecule has 1 heterocycles. The first-order valence-electron chi connectivity index (χ1n) is 5.78. The predicted molar refractivity (Wildman–Crippen MR) is 61.7 cm³/mol. The summed E-state index contributed by atoms with van der Waals surface area (Å²) in [6, 6.07) is 2.53. The van der Waals surface area contributed by atoms with Gasteiger partial charge in [-0.25, -0.2) is 4.39 Å². The third-order valence-corrected chi connectivity index (χ3v) is 2.59. The van der Waals surface area contributed by atoms with Crippen LogP contribution in [0.2, 0.25) is 0 Å². The number of hydrogen-bond donors (Lipinski definition) is 1. The van der Waals surface area contributed by atoms with Gasteiger partial charge in [0.25, 0.3) is 5.91 Å². The van der Waals surface area contributed by atoms with Gasteiger partial charge >= 0.3 is 6.18 Å². The summed E-state index contributed by atoms with van der Waals surface area (Å²) in [6.45, 7) is 0.0358. The van der Waals surface area contributed by atoms with Gasteiger partial charge in [-0.15, -0.1) is 0 Å². The molecule has 112 valence electrons. The number of hydrogen-bond acceptors (Lipinski definition) is 4. The normalized spacial score (nSPS) is 11.4. The van der Waals surface area contributed by atoms with Crippen LogP contribution in [0.25, 0.3) is 0 Å². The van der Waals surface area contributed by atoms with Gasteiger partial charge in [0.1, 0.15) is 5.82 Å². The number of halogens is 4. The summed E-state index contributed by atoms with van der Waals surface area (Å²) in [7, 11) is 0. The molecule has 0 saturated heterocycles. The Morgan fingerprint density at radius 2 is 2.10 bits per heavy atom. The summed E-state index contributed by atoms with van der Waals surface area (Å²) in [4.78, 5) is 15.4. The van der Waals surface area contributed by atoms with E-state index >= 15 is 0 Å². The van der Waals surface area contributed by atoms with Crippen LogP contribution in [0, 0.1) is 5.82 Å². The van der Waals surface area contributed by atoms with Crippen molar-refractivity contribution in [3.8, 4) is 0 Å². The highest BCUT2D eigenvalue weighted by atomic mass is 19.4. The Morgan fingerprint density at radius 3 is 2.71 bits per heavy atom. The second-order valence-corrected chi connectivity index (χ2v) is 4.02. The van der Waals surface area contributed by atoms with Gasteiger partial charge in [-0.3, -0.25) is 4.79 Å². The number of alkyl halides is 3. The quantitative estimate of drug-likeness (QED) is 0.879. The lowest BCUT2D eigenvalue weighted by molar-refractivity contribution is -0.140. The molecule has 5 nitrogen and oxygen atoms in total. The Labute approximate surface area is 116 Å². The number of carbonyl (C=O) groups is 1. The molecular formula is C12H9F4N3O2. The van der Waals surface area contributed by atoms with Gasteiger partial charge < -0.3 is 9.84 Å². The van der Waals surface area contributed by atoms with Gasteiger partial charge in [-0.1, -0.05) is 11.2 Å². The topological polar surface area (TPSA) is 68.0 Å². The van der Waals surface area contributed by atoms with Crippen LogP contribution in [0.1, 0.15) is 21.7 Å². The maximum Gasteiger partial charge on any atom is 0.419 e. The van der Waals surface area contributed by atoms with Gasteiger partial charge in [0.15, 0.2) is 5.82 Å². The molecule has 0 radical (unpaired) electrons. The van der Waals surface area contributed by atoms with Gasteiger partial charge in [-0.2, -0.15) is 18.2 Å². The van der Waals surface area contributed by atoms with Gasteiger partial charge in [-0.05, 0) is 12.1 Å². The minimum atomic E-state index is -4.86. The van der Waals surface area contributed by atoms with Crippen molar-refractivity contribution in [2.75, 3.05) is 6.54 Å². The number of nitrogens with one attached hydrogen (secondary N) is 1. The fraction of sp³-hybridized carbons (Fsp3) is 0.250. The Hall–Kier alpha value is -2.45. The fourth-order valence-corrected chi connectivity index (χ4v) is 1.61. The average Bonchev–Trinajstić information content (AvgIpc) is 2.90. The van der Waals surface area contributed by atoms with Crippen LogP contribution in [0.3, 0.4) is 0 Å². The first-order chi connectivity index (χ1) is 9.89. The highest BCUT2D eigenvalue weighted by Crippen LogP contribution is 2.32. The maximum atomic E-state index is 13.7. The molecule has 0 spiro atoms. The summed E-state index contributed by atoms with van der Waals surface area (Å²) >= 11 is 0. The van der Waals surface area contributed by atoms with Gasteiger partial charge in [0, 0.05) is 13.0 Å². The summed E-state index contributed by atoms with van der Waals surface area (Å²) < 4.78 is 55.8. The van der Waals surface area contributed by atoms with Crippen molar-refractivity contribution < 1.29 is 26.9 Å². The molecular weight excluding hydrogens is 294 g/mol. The van der Waals surface area contributed by atoms with E-state index in [0.29, 0.717) is 11.9 Å². The van der Waals surface area contributed by atoms with E-state index in [9.17, 15) is 22.4 Å². The van der Waals surface area contributed by atoms with Crippen LogP contribution in [-0.2, 0) is 12.6 Å². The summed E-state index contributed by atoms with van der Waals surface area (Å²) in [5, 5.41) is 5.78. The smallest absolute Gasteiger partial charge is 0.351 e. The van der Waals surface area contributed by atoms with Crippen LogP contribution >= 0.6 is 0 Å². The Kier molecular flexibility index (Phi) is 4.20. The summed E-state index contributed by atoms with van der Waals surface area (Å²) in [5.74, 6) is -2.22. The lowest BCUT2D eigenvalue weighted by Gasteiger charge is -2.11. The molecule has 21 heavy (non-hydrogen) atoms. The lowest BCUT2D eigenvalue weighted by Crippen LogP contribution is -2.27. The Morgan fingerprint density at radius 1 is 1.33 bits per heavy atom. The first kappa shape index (κ1) is 14.9. The number of aromatic nitrogens is 2. The van der Waals surface area contributed by atoms with Crippen LogP contribution in [0.4, 0.5) is 17.6 Å². The van der Waals surface area contributed by atoms with Gasteiger partial charge in [0.2, 0.25) is 6.39 Å².